The Morgan fingerprint density at radius 3 is 2.43 bits per heavy atom. The topological polar surface area (TPSA) is 58.2 Å². The van der Waals surface area contributed by atoms with Crippen LogP contribution in [0, 0.1) is 5.82 Å². The number of nitrogens with one attached hydrogen (secondary N) is 2. The predicted molar refractivity (Wildman–Crippen MR) is 89.4 cm³/mol. The molecule has 0 unspecified atom stereocenters. The molecule has 3 rings (SSSR count). The molecule has 6 heteroatoms. The number of rotatable bonds is 6. The van der Waals surface area contributed by atoms with E-state index in [9.17, 15) is 13.4 Å². The van der Waals surface area contributed by atoms with Gasteiger partial charge in [0.1, 0.15) is 5.82 Å². The van der Waals surface area contributed by atoms with E-state index in [1.165, 1.54) is 6.07 Å². The molecule has 2 aliphatic rings. The first-order valence-corrected chi connectivity index (χ1v) is 9.63. The number of carbonyl (C=O) groups is 1. The van der Waals surface area contributed by atoms with Gasteiger partial charge >= 0.3 is 6.03 Å². The third-order valence-corrected chi connectivity index (χ3v) is 7.10. The summed E-state index contributed by atoms with van der Waals surface area (Å²) in [5, 5.41) is 5.74. The summed E-state index contributed by atoms with van der Waals surface area (Å²) in [6.07, 6.45) is 6.51. The van der Waals surface area contributed by atoms with Crippen molar-refractivity contribution < 1.29 is 13.4 Å². The van der Waals surface area contributed by atoms with Gasteiger partial charge in [0.2, 0.25) is 0 Å². The normalized spacial score (nSPS) is 21.8. The molecular formula is C17H23FN2O2S. The van der Waals surface area contributed by atoms with Gasteiger partial charge in [-0.2, -0.15) is 0 Å². The van der Waals surface area contributed by atoms with Crippen LogP contribution in [0.1, 0.15) is 37.7 Å². The summed E-state index contributed by atoms with van der Waals surface area (Å²) in [7, 11) is -0.924. The van der Waals surface area contributed by atoms with Gasteiger partial charge in [-0.1, -0.05) is 18.6 Å². The molecule has 1 aromatic carbocycles. The Kier molecular flexibility index (Phi) is 4.45. The smallest absolute Gasteiger partial charge is 0.314 e. The molecule has 0 spiro atoms. The predicted octanol–water partition coefficient (Wildman–Crippen LogP) is 2.46. The molecule has 23 heavy (non-hydrogen) atoms. The van der Waals surface area contributed by atoms with Crippen molar-refractivity contribution in [2.45, 2.75) is 42.3 Å². The van der Waals surface area contributed by atoms with Gasteiger partial charge in [0.05, 0.1) is 4.75 Å². The minimum atomic E-state index is -0.924. The van der Waals surface area contributed by atoms with Crippen molar-refractivity contribution in [3.63, 3.8) is 0 Å². The van der Waals surface area contributed by atoms with E-state index in [1.807, 2.05) is 6.07 Å². The van der Waals surface area contributed by atoms with E-state index in [0.29, 0.717) is 13.1 Å². The Labute approximate surface area is 138 Å². The van der Waals surface area contributed by atoms with E-state index in [1.54, 1.807) is 18.4 Å². The van der Waals surface area contributed by atoms with Gasteiger partial charge in [0, 0.05) is 35.6 Å². The lowest BCUT2D eigenvalue weighted by Gasteiger charge is -2.39. The number of hydrogen-bond acceptors (Lipinski definition) is 2. The maximum atomic E-state index is 13.4. The van der Waals surface area contributed by atoms with Crippen LogP contribution < -0.4 is 10.6 Å². The molecule has 2 N–H and O–H groups in total. The summed E-state index contributed by atoms with van der Waals surface area (Å²) in [5.74, 6) is -0.240. The van der Waals surface area contributed by atoms with Crippen LogP contribution in [-0.2, 0) is 16.2 Å². The Morgan fingerprint density at radius 2 is 1.91 bits per heavy atom. The summed E-state index contributed by atoms with van der Waals surface area (Å²) in [6.45, 7) is 0.958. The van der Waals surface area contributed by atoms with E-state index < -0.39 is 10.8 Å². The second-order valence-electron chi connectivity index (χ2n) is 6.82. The van der Waals surface area contributed by atoms with Gasteiger partial charge in [-0.15, -0.1) is 0 Å². The van der Waals surface area contributed by atoms with Gasteiger partial charge in [-0.25, -0.2) is 9.18 Å². The Bertz CT molecular complexity index is 627. The molecular weight excluding hydrogens is 315 g/mol. The quantitative estimate of drug-likeness (QED) is 0.837. The highest BCUT2D eigenvalue weighted by Crippen LogP contribution is 2.47. The zero-order valence-electron chi connectivity index (χ0n) is 13.4. The number of hydrogen-bond donors (Lipinski definition) is 2. The van der Waals surface area contributed by atoms with Crippen LogP contribution in [0.15, 0.2) is 24.3 Å². The van der Waals surface area contributed by atoms with Crippen molar-refractivity contribution in [3.8, 4) is 0 Å². The minimum Gasteiger partial charge on any atom is -0.337 e. The van der Waals surface area contributed by atoms with Crippen LogP contribution in [0.5, 0.6) is 0 Å². The lowest BCUT2D eigenvalue weighted by molar-refractivity contribution is 0.235. The van der Waals surface area contributed by atoms with E-state index in [-0.39, 0.29) is 22.0 Å². The molecule has 2 fully saturated rings. The van der Waals surface area contributed by atoms with Crippen molar-refractivity contribution in [2.75, 3.05) is 19.3 Å². The number of carbonyl (C=O) groups excluding carboxylic acids is 1. The lowest BCUT2D eigenvalue weighted by Crippen LogP contribution is -2.53. The number of halogens is 1. The molecule has 1 aromatic rings. The summed E-state index contributed by atoms with van der Waals surface area (Å²) >= 11 is 0. The zero-order chi connectivity index (χ0) is 16.5. The van der Waals surface area contributed by atoms with E-state index >= 15 is 0 Å². The van der Waals surface area contributed by atoms with Crippen LogP contribution in [0.3, 0.4) is 0 Å². The second kappa shape index (κ2) is 6.23. The van der Waals surface area contributed by atoms with Gasteiger partial charge in [0.25, 0.3) is 0 Å². The van der Waals surface area contributed by atoms with Crippen molar-refractivity contribution in [3.05, 3.63) is 35.6 Å². The van der Waals surface area contributed by atoms with Crippen molar-refractivity contribution >= 4 is 16.8 Å². The van der Waals surface area contributed by atoms with E-state index in [4.69, 9.17) is 0 Å². The van der Waals surface area contributed by atoms with Gasteiger partial charge in [-0.3, -0.25) is 4.21 Å². The lowest BCUT2D eigenvalue weighted by atomic mass is 9.84. The van der Waals surface area contributed by atoms with Gasteiger partial charge in [-0.05, 0) is 43.4 Å². The Hall–Kier alpha value is -1.43. The van der Waals surface area contributed by atoms with Gasteiger partial charge in [0.15, 0.2) is 0 Å². The van der Waals surface area contributed by atoms with E-state index in [2.05, 4.69) is 10.6 Å². The third-order valence-electron chi connectivity index (χ3n) is 5.32. The third kappa shape index (κ3) is 3.42. The molecule has 2 amide bonds. The summed E-state index contributed by atoms with van der Waals surface area (Å²) < 4.78 is 24.9. The number of benzene rings is 1. The minimum absolute atomic E-state index is 0.124. The Balaban J connectivity index is 1.50. The summed E-state index contributed by atoms with van der Waals surface area (Å²) in [6, 6.07) is 6.38. The molecule has 0 bridgehead atoms. The molecule has 0 radical (unpaired) electrons. The zero-order valence-corrected chi connectivity index (χ0v) is 14.2. The summed E-state index contributed by atoms with van der Waals surface area (Å²) in [5.41, 5.74) is 0.823. The highest BCUT2D eigenvalue weighted by molar-refractivity contribution is 7.85. The standard InChI is InChI=1S/C17H23FN2O2S/c1-23(22)17(6-3-7-17)12-20-15(21)19-11-16(8-9-16)13-4-2-5-14(18)10-13/h2,4-5,10H,3,6-9,11-12H2,1H3,(H2,19,20,21)/t23-/m0/s1. The largest absolute Gasteiger partial charge is 0.337 e. The highest BCUT2D eigenvalue weighted by Gasteiger charge is 2.45. The molecule has 0 heterocycles. The van der Waals surface area contributed by atoms with Crippen LogP contribution in [0.4, 0.5) is 9.18 Å². The van der Waals surface area contributed by atoms with Crippen molar-refractivity contribution in [2.24, 2.45) is 0 Å². The maximum absolute atomic E-state index is 13.4. The Morgan fingerprint density at radius 1 is 1.22 bits per heavy atom. The van der Waals surface area contributed by atoms with Crippen molar-refractivity contribution in [1.29, 1.82) is 0 Å². The molecule has 0 aliphatic heterocycles. The van der Waals surface area contributed by atoms with E-state index in [0.717, 1.165) is 37.7 Å². The fourth-order valence-corrected chi connectivity index (χ4v) is 4.37. The average Bonchev–Trinajstić information content (AvgIpc) is 3.25. The first-order valence-electron chi connectivity index (χ1n) is 8.07. The SMILES string of the molecule is C[S@](=O)C1(CNC(=O)NCC2(c3cccc(F)c3)CC2)CCC1. The molecule has 4 nitrogen and oxygen atoms in total. The second-order valence-corrected chi connectivity index (χ2v) is 8.59. The van der Waals surface area contributed by atoms with Crippen LogP contribution in [-0.4, -0.2) is 34.3 Å². The molecule has 0 aromatic heterocycles. The van der Waals surface area contributed by atoms with Crippen molar-refractivity contribution in [1.82, 2.24) is 10.6 Å². The molecule has 1 atom stereocenters. The monoisotopic (exact) mass is 338 g/mol. The fourth-order valence-electron chi connectivity index (χ4n) is 3.23. The highest BCUT2D eigenvalue weighted by atomic mass is 32.2. The first-order chi connectivity index (χ1) is 11.0. The molecule has 0 saturated heterocycles. The van der Waals surface area contributed by atoms with Crippen LogP contribution >= 0.6 is 0 Å². The molecule has 2 saturated carbocycles. The fraction of sp³-hybridized carbons (Fsp3) is 0.588. The van der Waals surface area contributed by atoms with Crippen LogP contribution in [0.25, 0.3) is 0 Å². The maximum Gasteiger partial charge on any atom is 0.314 e. The average molecular weight is 338 g/mol. The first kappa shape index (κ1) is 16.4. The molecule has 2 aliphatic carbocycles. The number of amides is 2. The molecule has 126 valence electrons. The van der Waals surface area contributed by atoms with Crippen LogP contribution in [0.2, 0.25) is 0 Å². The number of urea groups is 1. The van der Waals surface area contributed by atoms with Gasteiger partial charge < -0.3 is 10.6 Å². The summed E-state index contributed by atoms with van der Waals surface area (Å²) in [4.78, 5) is 12.0.